The fourth-order valence-electron chi connectivity index (χ4n) is 2.68. The summed E-state index contributed by atoms with van der Waals surface area (Å²) in [5, 5.41) is 0. The van der Waals surface area contributed by atoms with Crippen LogP contribution in [0.4, 0.5) is 0 Å². The Morgan fingerprint density at radius 1 is 0.560 bits per heavy atom. The molecule has 0 saturated heterocycles. The van der Waals surface area contributed by atoms with E-state index >= 15 is 0 Å². The zero-order valence-corrected chi connectivity index (χ0v) is 14.9. The molecule has 0 fully saturated rings. The molecular formula is C21H14BrN3. The van der Waals surface area contributed by atoms with Gasteiger partial charge in [-0.3, -0.25) is 0 Å². The molecule has 0 saturated carbocycles. The van der Waals surface area contributed by atoms with Gasteiger partial charge in [0.15, 0.2) is 11.6 Å². The van der Waals surface area contributed by atoms with Gasteiger partial charge in [-0.25, -0.2) is 15.0 Å². The minimum atomic E-state index is 0.660. The molecule has 0 bridgehead atoms. The Kier molecular flexibility index (Phi) is 4.36. The fraction of sp³-hybridized carbons (Fsp3) is 0. The molecule has 0 aliphatic heterocycles. The second kappa shape index (κ2) is 6.95. The van der Waals surface area contributed by atoms with Crippen LogP contribution >= 0.6 is 15.9 Å². The van der Waals surface area contributed by atoms with E-state index in [1.165, 1.54) is 0 Å². The van der Waals surface area contributed by atoms with Crippen molar-refractivity contribution in [1.29, 1.82) is 0 Å². The average molecular weight is 388 g/mol. The standard InChI is InChI=1S/C21H14BrN3/c22-19-12-17(15-7-3-1-4-8-15)11-18(13-19)21-24-14-23-20(25-21)16-9-5-2-6-10-16/h1-14H. The third-order valence-corrected chi connectivity index (χ3v) is 4.32. The summed E-state index contributed by atoms with van der Waals surface area (Å²) in [5.41, 5.74) is 4.20. The largest absolute Gasteiger partial charge is 0.217 e. The lowest BCUT2D eigenvalue weighted by atomic mass is 10.0. The minimum Gasteiger partial charge on any atom is -0.217 e. The summed E-state index contributed by atoms with van der Waals surface area (Å²) in [7, 11) is 0. The average Bonchev–Trinajstić information content (AvgIpc) is 2.69. The molecule has 25 heavy (non-hydrogen) atoms. The predicted molar refractivity (Wildman–Crippen MR) is 104 cm³/mol. The van der Waals surface area contributed by atoms with Crippen molar-refractivity contribution < 1.29 is 0 Å². The van der Waals surface area contributed by atoms with Crippen LogP contribution in [0, 0.1) is 0 Å². The smallest absolute Gasteiger partial charge is 0.163 e. The van der Waals surface area contributed by atoms with Crippen LogP contribution in [-0.4, -0.2) is 15.0 Å². The summed E-state index contributed by atoms with van der Waals surface area (Å²) in [6.45, 7) is 0. The number of hydrogen-bond acceptors (Lipinski definition) is 3. The topological polar surface area (TPSA) is 38.7 Å². The van der Waals surface area contributed by atoms with Gasteiger partial charge in [-0.2, -0.15) is 0 Å². The highest BCUT2D eigenvalue weighted by molar-refractivity contribution is 9.10. The van der Waals surface area contributed by atoms with Gasteiger partial charge in [-0.05, 0) is 29.3 Å². The van der Waals surface area contributed by atoms with E-state index < -0.39 is 0 Å². The number of benzene rings is 3. The number of halogens is 1. The van der Waals surface area contributed by atoms with Crippen LogP contribution in [0.1, 0.15) is 0 Å². The monoisotopic (exact) mass is 387 g/mol. The summed E-state index contributed by atoms with van der Waals surface area (Å²) < 4.78 is 0.991. The SMILES string of the molecule is Brc1cc(-c2ccccc2)cc(-c2ncnc(-c3ccccc3)n2)c1. The Labute approximate surface area is 154 Å². The molecule has 0 aliphatic carbocycles. The lowest BCUT2D eigenvalue weighted by molar-refractivity contribution is 1.06. The van der Waals surface area contributed by atoms with Gasteiger partial charge in [0, 0.05) is 15.6 Å². The minimum absolute atomic E-state index is 0.660. The van der Waals surface area contributed by atoms with E-state index in [0.29, 0.717) is 11.6 Å². The van der Waals surface area contributed by atoms with Crippen LogP contribution in [0.25, 0.3) is 33.9 Å². The zero-order valence-electron chi connectivity index (χ0n) is 13.3. The third kappa shape index (κ3) is 3.49. The normalized spacial score (nSPS) is 10.6. The molecule has 3 nitrogen and oxygen atoms in total. The Balaban J connectivity index is 1.79. The van der Waals surface area contributed by atoms with E-state index in [4.69, 9.17) is 0 Å². The van der Waals surface area contributed by atoms with E-state index in [9.17, 15) is 0 Å². The van der Waals surface area contributed by atoms with Crippen LogP contribution in [0.5, 0.6) is 0 Å². The molecule has 0 spiro atoms. The first-order valence-electron chi connectivity index (χ1n) is 7.90. The van der Waals surface area contributed by atoms with E-state index in [1.807, 2.05) is 54.6 Å². The molecule has 0 unspecified atom stereocenters. The van der Waals surface area contributed by atoms with Crippen molar-refractivity contribution in [3.63, 3.8) is 0 Å². The molecule has 1 heterocycles. The molecule has 4 rings (SSSR count). The molecule has 0 radical (unpaired) electrons. The van der Waals surface area contributed by atoms with Gasteiger partial charge in [0.25, 0.3) is 0 Å². The quantitative estimate of drug-likeness (QED) is 0.456. The van der Waals surface area contributed by atoms with Crippen molar-refractivity contribution in [3.8, 4) is 33.9 Å². The van der Waals surface area contributed by atoms with E-state index in [-0.39, 0.29) is 0 Å². The Morgan fingerprint density at radius 3 is 1.80 bits per heavy atom. The van der Waals surface area contributed by atoms with Crippen molar-refractivity contribution >= 4 is 15.9 Å². The van der Waals surface area contributed by atoms with Gasteiger partial charge in [0.05, 0.1) is 0 Å². The number of aromatic nitrogens is 3. The molecule has 120 valence electrons. The summed E-state index contributed by atoms with van der Waals surface area (Å²) in [6.07, 6.45) is 1.56. The van der Waals surface area contributed by atoms with E-state index in [2.05, 4.69) is 55.1 Å². The van der Waals surface area contributed by atoms with Crippen molar-refractivity contribution in [2.45, 2.75) is 0 Å². The van der Waals surface area contributed by atoms with E-state index in [0.717, 1.165) is 26.7 Å². The number of hydrogen-bond donors (Lipinski definition) is 0. The molecule has 4 aromatic rings. The van der Waals surface area contributed by atoms with Gasteiger partial charge in [-0.1, -0.05) is 76.6 Å². The third-order valence-electron chi connectivity index (χ3n) is 3.87. The van der Waals surface area contributed by atoms with Gasteiger partial charge >= 0.3 is 0 Å². The van der Waals surface area contributed by atoms with Crippen molar-refractivity contribution in [3.05, 3.63) is 89.7 Å². The second-order valence-corrected chi connectivity index (χ2v) is 6.51. The molecule has 4 heteroatoms. The maximum atomic E-state index is 4.65. The second-order valence-electron chi connectivity index (χ2n) is 5.59. The number of rotatable bonds is 3. The molecule has 0 aliphatic rings. The summed E-state index contributed by atoms with van der Waals surface area (Å²) >= 11 is 3.60. The highest BCUT2D eigenvalue weighted by Crippen LogP contribution is 2.29. The van der Waals surface area contributed by atoms with Crippen LogP contribution in [0.2, 0.25) is 0 Å². The number of nitrogens with zero attached hydrogens (tertiary/aromatic N) is 3. The Bertz CT molecular complexity index is 1000. The van der Waals surface area contributed by atoms with Gasteiger partial charge < -0.3 is 0 Å². The lowest BCUT2D eigenvalue weighted by Gasteiger charge is -2.07. The predicted octanol–water partition coefficient (Wildman–Crippen LogP) is 5.64. The van der Waals surface area contributed by atoms with Gasteiger partial charge in [0.1, 0.15) is 6.33 Å². The summed E-state index contributed by atoms with van der Waals surface area (Å²) in [5.74, 6) is 1.33. The maximum Gasteiger partial charge on any atom is 0.163 e. The highest BCUT2D eigenvalue weighted by atomic mass is 79.9. The highest BCUT2D eigenvalue weighted by Gasteiger charge is 2.09. The van der Waals surface area contributed by atoms with Gasteiger partial charge in [-0.15, -0.1) is 0 Å². The first kappa shape index (κ1) is 15.7. The summed E-state index contributed by atoms with van der Waals surface area (Å²) in [4.78, 5) is 13.3. The molecule has 1 aromatic heterocycles. The lowest BCUT2D eigenvalue weighted by Crippen LogP contribution is -1.95. The van der Waals surface area contributed by atoms with E-state index in [1.54, 1.807) is 6.33 Å². The Morgan fingerprint density at radius 2 is 1.12 bits per heavy atom. The summed E-state index contributed by atoms with van der Waals surface area (Å²) in [6, 6.07) is 26.4. The van der Waals surface area contributed by atoms with Crippen molar-refractivity contribution in [1.82, 2.24) is 15.0 Å². The molecule has 3 aromatic carbocycles. The van der Waals surface area contributed by atoms with Crippen molar-refractivity contribution in [2.24, 2.45) is 0 Å². The molecule has 0 N–H and O–H groups in total. The molecular weight excluding hydrogens is 374 g/mol. The van der Waals surface area contributed by atoms with Crippen LogP contribution in [0.3, 0.4) is 0 Å². The van der Waals surface area contributed by atoms with Crippen LogP contribution in [-0.2, 0) is 0 Å². The zero-order chi connectivity index (χ0) is 17.1. The van der Waals surface area contributed by atoms with Crippen LogP contribution in [0.15, 0.2) is 89.7 Å². The van der Waals surface area contributed by atoms with Crippen LogP contribution < -0.4 is 0 Å². The fourth-order valence-corrected chi connectivity index (χ4v) is 3.17. The van der Waals surface area contributed by atoms with Crippen molar-refractivity contribution in [2.75, 3.05) is 0 Å². The first-order valence-corrected chi connectivity index (χ1v) is 8.70. The molecule has 0 amide bonds. The maximum absolute atomic E-state index is 4.65. The molecule has 0 atom stereocenters. The van der Waals surface area contributed by atoms with Gasteiger partial charge in [0.2, 0.25) is 0 Å². The first-order chi connectivity index (χ1) is 12.3. The Hall–Kier alpha value is -2.85.